The van der Waals surface area contributed by atoms with Crippen molar-refractivity contribution >= 4 is 41.0 Å². The molecule has 0 aromatic heterocycles. The lowest BCUT2D eigenvalue weighted by molar-refractivity contribution is -0.116. The summed E-state index contributed by atoms with van der Waals surface area (Å²) in [4.78, 5) is 13.0. The molecule has 1 heterocycles. The molecule has 1 fully saturated rings. The fourth-order valence-electron chi connectivity index (χ4n) is 2.88. The number of anilines is 1. The van der Waals surface area contributed by atoms with E-state index in [1.54, 1.807) is 18.2 Å². The maximum absolute atomic E-state index is 12.4. The average molecular weight is 444 g/mol. The van der Waals surface area contributed by atoms with Gasteiger partial charge in [-0.15, -0.1) is 0 Å². The lowest BCUT2D eigenvalue weighted by Gasteiger charge is -2.13. The second-order valence-corrected chi connectivity index (χ2v) is 7.94. The maximum atomic E-state index is 12.4. The zero-order chi connectivity index (χ0) is 21.5. The number of aryl methyl sites for hydroxylation is 1. The number of nitrogens with zero attached hydrogens (tertiary/aromatic N) is 1. The van der Waals surface area contributed by atoms with Gasteiger partial charge in [0.1, 0.15) is 6.07 Å². The molecule has 0 radical (unpaired) electrons. The minimum atomic E-state index is -0.267. The van der Waals surface area contributed by atoms with Crippen molar-refractivity contribution in [2.45, 2.75) is 25.8 Å². The molecule has 3 rings (SSSR count). The Bertz CT molecular complexity index is 986. The average Bonchev–Trinajstić information content (AvgIpc) is 3.07. The standard InChI is InChI=1S/C22H22ClN3O3S/c1-3-14-5-7-16(8-6-14)25-22-26-21(27)19(30-22)13-15-11-17(23)20(29-10-9-24)18(12-15)28-4-2/h5-8,11-13,22,25H,3-4,10H2,1-2H3,(H,26,27)/b19-13-/t22-/m0/s1. The number of carbonyl (C=O) groups excluding carboxylic acids is 1. The van der Waals surface area contributed by atoms with Crippen molar-refractivity contribution in [1.82, 2.24) is 5.32 Å². The molecule has 2 aromatic carbocycles. The van der Waals surface area contributed by atoms with Crippen LogP contribution in [0.25, 0.3) is 6.08 Å². The largest absolute Gasteiger partial charge is 0.490 e. The first-order valence-electron chi connectivity index (χ1n) is 9.54. The molecule has 2 N–H and O–H groups in total. The van der Waals surface area contributed by atoms with Crippen molar-refractivity contribution in [3.8, 4) is 17.6 Å². The highest BCUT2D eigenvalue weighted by atomic mass is 35.5. The van der Waals surface area contributed by atoms with Crippen LogP contribution in [0.2, 0.25) is 5.02 Å². The summed E-state index contributed by atoms with van der Waals surface area (Å²) in [6.45, 7) is 4.23. The topological polar surface area (TPSA) is 83.4 Å². The minimum absolute atomic E-state index is 0.134. The van der Waals surface area contributed by atoms with Gasteiger partial charge in [0.05, 0.1) is 16.5 Å². The Hall–Kier alpha value is -2.82. The van der Waals surface area contributed by atoms with E-state index in [1.165, 1.54) is 17.3 Å². The number of thioether (sulfide) groups is 1. The highest BCUT2D eigenvalue weighted by Crippen LogP contribution is 2.38. The Morgan fingerprint density at radius 1 is 1.27 bits per heavy atom. The number of benzene rings is 2. The van der Waals surface area contributed by atoms with E-state index in [0.29, 0.717) is 33.6 Å². The van der Waals surface area contributed by atoms with E-state index in [1.807, 2.05) is 25.1 Å². The van der Waals surface area contributed by atoms with Crippen LogP contribution in [0.15, 0.2) is 41.3 Å². The van der Waals surface area contributed by atoms with Crippen molar-refractivity contribution in [3.63, 3.8) is 0 Å². The predicted molar refractivity (Wildman–Crippen MR) is 121 cm³/mol. The zero-order valence-electron chi connectivity index (χ0n) is 16.7. The normalized spacial score (nSPS) is 16.8. The van der Waals surface area contributed by atoms with Crippen molar-refractivity contribution in [2.75, 3.05) is 18.5 Å². The number of amides is 1. The SMILES string of the molecule is CCOc1cc(/C=C2\S[C@@H](Nc3ccc(CC)cc3)NC2=O)cc(Cl)c1OCC#N. The van der Waals surface area contributed by atoms with Gasteiger partial charge in [-0.3, -0.25) is 4.79 Å². The third kappa shape index (κ3) is 5.41. The Labute approximate surface area is 185 Å². The first-order valence-corrected chi connectivity index (χ1v) is 10.8. The highest BCUT2D eigenvalue weighted by Gasteiger charge is 2.27. The molecule has 0 unspecified atom stereocenters. The molecule has 1 amide bonds. The van der Waals surface area contributed by atoms with E-state index in [0.717, 1.165) is 12.1 Å². The monoisotopic (exact) mass is 443 g/mol. The quantitative estimate of drug-likeness (QED) is 0.570. The lowest BCUT2D eigenvalue weighted by Crippen LogP contribution is -2.30. The molecule has 1 aliphatic rings. The van der Waals surface area contributed by atoms with Crippen LogP contribution >= 0.6 is 23.4 Å². The van der Waals surface area contributed by atoms with Crippen LogP contribution in [-0.4, -0.2) is 24.6 Å². The van der Waals surface area contributed by atoms with Gasteiger partial charge in [-0.25, -0.2) is 0 Å². The van der Waals surface area contributed by atoms with Gasteiger partial charge < -0.3 is 20.1 Å². The summed E-state index contributed by atoms with van der Waals surface area (Å²) < 4.78 is 11.0. The maximum Gasteiger partial charge on any atom is 0.260 e. The number of ether oxygens (including phenoxy) is 2. The van der Waals surface area contributed by atoms with Crippen molar-refractivity contribution in [1.29, 1.82) is 5.26 Å². The second-order valence-electron chi connectivity index (χ2n) is 6.38. The van der Waals surface area contributed by atoms with Gasteiger partial charge in [0.25, 0.3) is 5.91 Å². The van der Waals surface area contributed by atoms with Crippen LogP contribution in [-0.2, 0) is 11.2 Å². The third-order valence-electron chi connectivity index (χ3n) is 4.30. The van der Waals surface area contributed by atoms with Gasteiger partial charge in [-0.2, -0.15) is 5.26 Å². The molecule has 156 valence electrons. The van der Waals surface area contributed by atoms with Crippen LogP contribution in [0.3, 0.4) is 0 Å². The summed E-state index contributed by atoms with van der Waals surface area (Å²) in [5, 5.41) is 15.3. The van der Waals surface area contributed by atoms with Crippen LogP contribution in [0.1, 0.15) is 25.0 Å². The van der Waals surface area contributed by atoms with E-state index in [4.69, 9.17) is 26.3 Å². The molecule has 8 heteroatoms. The first-order chi connectivity index (χ1) is 14.5. The van der Waals surface area contributed by atoms with Gasteiger partial charge in [-0.1, -0.05) is 42.4 Å². The number of rotatable bonds is 8. The van der Waals surface area contributed by atoms with Crippen LogP contribution < -0.4 is 20.1 Å². The molecule has 1 atom stereocenters. The van der Waals surface area contributed by atoms with Crippen molar-refractivity contribution < 1.29 is 14.3 Å². The molecular formula is C22H22ClN3O3S. The van der Waals surface area contributed by atoms with Gasteiger partial charge in [0, 0.05) is 5.69 Å². The Morgan fingerprint density at radius 2 is 2.03 bits per heavy atom. The fourth-order valence-corrected chi connectivity index (χ4v) is 4.14. The van der Waals surface area contributed by atoms with E-state index >= 15 is 0 Å². The van der Waals surface area contributed by atoms with Crippen molar-refractivity contribution in [2.24, 2.45) is 0 Å². The van der Waals surface area contributed by atoms with Crippen LogP contribution in [0, 0.1) is 11.3 Å². The Balaban J connectivity index is 1.77. The molecule has 0 bridgehead atoms. The smallest absolute Gasteiger partial charge is 0.260 e. The molecular weight excluding hydrogens is 422 g/mol. The lowest BCUT2D eigenvalue weighted by atomic mass is 10.1. The summed E-state index contributed by atoms with van der Waals surface area (Å²) in [6, 6.07) is 13.5. The minimum Gasteiger partial charge on any atom is -0.490 e. The third-order valence-corrected chi connectivity index (χ3v) is 5.61. The Morgan fingerprint density at radius 3 is 2.70 bits per heavy atom. The van der Waals surface area contributed by atoms with E-state index in [2.05, 4.69) is 29.7 Å². The summed E-state index contributed by atoms with van der Waals surface area (Å²) in [5.41, 5.74) is 2.63. The van der Waals surface area contributed by atoms with Crippen molar-refractivity contribution in [3.05, 3.63) is 57.5 Å². The number of halogens is 1. The van der Waals surface area contributed by atoms with Crippen LogP contribution in [0.5, 0.6) is 11.5 Å². The number of hydrogen-bond acceptors (Lipinski definition) is 6. The van der Waals surface area contributed by atoms with Crippen LogP contribution in [0.4, 0.5) is 5.69 Å². The molecule has 0 aliphatic carbocycles. The summed E-state index contributed by atoms with van der Waals surface area (Å²) in [6.07, 6.45) is 2.74. The molecule has 1 aliphatic heterocycles. The number of nitrogens with one attached hydrogen (secondary N) is 2. The molecule has 0 spiro atoms. The van der Waals surface area contributed by atoms with Gasteiger partial charge >= 0.3 is 0 Å². The number of nitriles is 1. The van der Waals surface area contributed by atoms with E-state index in [9.17, 15) is 4.79 Å². The summed E-state index contributed by atoms with van der Waals surface area (Å²) in [5.74, 6) is 0.587. The van der Waals surface area contributed by atoms with E-state index < -0.39 is 0 Å². The number of hydrogen-bond donors (Lipinski definition) is 2. The highest BCUT2D eigenvalue weighted by molar-refractivity contribution is 8.05. The zero-order valence-corrected chi connectivity index (χ0v) is 18.3. The van der Waals surface area contributed by atoms with E-state index in [-0.39, 0.29) is 18.0 Å². The van der Waals surface area contributed by atoms with Gasteiger partial charge in [-0.05, 0) is 54.8 Å². The molecule has 6 nitrogen and oxygen atoms in total. The molecule has 1 saturated heterocycles. The second kappa shape index (κ2) is 10.3. The first kappa shape index (κ1) is 21.9. The Kier molecular flexibility index (Phi) is 7.50. The predicted octanol–water partition coefficient (Wildman–Crippen LogP) is 4.80. The molecule has 0 saturated carbocycles. The molecule has 2 aromatic rings. The molecule has 30 heavy (non-hydrogen) atoms. The van der Waals surface area contributed by atoms with Gasteiger partial charge in [0.15, 0.2) is 23.6 Å². The number of carbonyl (C=O) groups is 1. The fraction of sp³-hybridized carbons (Fsp3) is 0.273. The summed E-state index contributed by atoms with van der Waals surface area (Å²) in [7, 11) is 0. The van der Waals surface area contributed by atoms with Gasteiger partial charge in [0.2, 0.25) is 0 Å². The summed E-state index contributed by atoms with van der Waals surface area (Å²) >= 11 is 7.72.